The number of ether oxygens (including phenoxy) is 2. The summed E-state index contributed by atoms with van der Waals surface area (Å²) in [6.45, 7) is -0.402. The molecule has 0 amide bonds. The molecule has 180 valence electrons. The van der Waals surface area contributed by atoms with Crippen LogP contribution in [0, 0.1) is 5.92 Å². The van der Waals surface area contributed by atoms with Gasteiger partial charge in [0.2, 0.25) is 5.78 Å². The predicted molar refractivity (Wildman–Crippen MR) is 118 cm³/mol. The van der Waals surface area contributed by atoms with E-state index in [0.717, 1.165) is 12.1 Å². The summed E-state index contributed by atoms with van der Waals surface area (Å²) < 4.78 is 11.5. The molecule has 3 aromatic rings. The molecule has 2 aliphatic heterocycles. The third kappa shape index (κ3) is 3.64. The minimum absolute atomic E-state index is 0.0150. The summed E-state index contributed by atoms with van der Waals surface area (Å²) in [5.74, 6) is -4.46. The van der Waals surface area contributed by atoms with Crippen LogP contribution in [-0.2, 0) is 6.42 Å². The van der Waals surface area contributed by atoms with E-state index in [2.05, 4.69) is 0 Å². The molecule has 0 saturated carbocycles. The number of Topliss-reactive ketones (excluding diaryl/α,β-unsaturated/α-hetero) is 2. The number of phenols is 5. The van der Waals surface area contributed by atoms with Gasteiger partial charge in [0.25, 0.3) is 0 Å². The topological polar surface area (TPSA) is 174 Å². The standard InChI is InChI=1S/C25H20O10/c26-11-3-1-10(2-4-11)24-14(22(32)20-16(29)5-12(27)6-19(20)35-24)7-13-15(28)8-17(30)21-23(33)18(31)9-34-25(13)21/h1-6,8,14,18,24,26-31H,7,9H2/t14-,18-,24+/m1/s1. The first-order chi connectivity index (χ1) is 16.7. The van der Waals surface area contributed by atoms with E-state index < -0.39 is 53.5 Å². The minimum atomic E-state index is -1.49. The number of phenolic OH excluding ortho intramolecular Hbond substituents is 5. The van der Waals surface area contributed by atoms with E-state index in [4.69, 9.17) is 9.47 Å². The van der Waals surface area contributed by atoms with Crippen LogP contribution >= 0.6 is 0 Å². The fourth-order valence-corrected chi connectivity index (χ4v) is 4.52. The maximum atomic E-state index is 13.6. The number of fused-ring (bicyclic) bond motifs is 2. The van der Waals surface area contributed by atoms with Gasteiger partial charge in [-0.2, -0.15) is 0 Å². The van der Waals surface area contributed by atoms with Gasteiger partial charge < -0.3 is 40.1 Å². The molecule has 3 atom stereocenters. The summed E-state index contributed by atoms with van der Waals surface area (Å²) in [5, 5.41) is 60.6. The first-order valence-electron chi connectivity index (χ1n) is 10.6. The van der Waals surface area contributed by atoms with Crippen LogP contribution in [-0.4, -0.2) is 54.9 Å². The van der Waals surface area contributed by atoms with Crippen LogP contribution in [0.2, 0.25) is 0 Å². The Hall–Kier alpha value is -4.44. The fraction of sp³-hybridized carbons (Fsp3) is 0.200. The van der Waals surface area contributed by atoms with Gasteiger partial charge in [-0.25, -0.2) is 0 Å². The molecule has 0 aliphatic carbocycles. The van der Waals surface area contributed by atoms with E-state index in [9.17, 15) is 40.2 Å². The summed E-state index contributed by atoms with van der Waals surface area (Å²) in [6.07, 6.45) is -2.71. The van der Waals surface area contributed by atoms with Crippen molar-refractivity contribution in [3.63, 3.8) is 0 Å². The lowest BCUT2D eigenvalue weighted by molar-refractivity contribution is 0.0545. The maximum Gasteiger partial charge on any atom is 0.202 e. The van der Waals surface area contributed by atoms with Crippen molar-refractivity contribution in [1.82, 2.24) is 0 Å². The Balaban J connectivity index is 1.65. The van der Waals surface area contributed by atoms with E-state index in [1.165, 1.54) is 30.3 Å². The summed E-state index contributed by atoms with van der Waals surface area (Å²) in [7, 11) is 0. The number of hydrogen-bond donors (Lipinski definition) is 6. The third-order valence-corrected chi connectivity index (χ3v) is 6.19. The molecule has 0 saturated heterocycles. The van der Waals surface area contributed by atoms with Crippen LogP contribution in [0.5, 0.6) is 40.2 Å². The lowest BCUT2D eigenvalue weighted by atomic mass is 9.80. The van der Waals surface area contributed by atoms with Gasteiger partial charge >= 0.3 is 0 Å². The van der Waals surface area contributed by atoms with Crippen LogP contribution in [0.15, 0.2) is 42.5 Å². The summed E-state index contributed by atoms with van der Waals surface area (Å²) in [4.78, 5) is 26.1. The molecule has 5 rings (SSSR count). The van der Waals surface area contributed by atoms with Crippen LogP contribution in [0.3, 0.4) is 0 Å². The van der Waals surface area contributed by atoms with Gasteiger partial charge in [0.15, 0.2) is 11.9 Å². The third-order valence-electron chi connectivity index (χ3n) is 6.19. The maximum absolute atomic E-state index is 13.6. The Morgan fingerprint density at radius 3 is 2.20 bits per heavy atom. The molecular weight excluding hydrogens is 460 g/mol. The van der Waals surface area contributed by atoms with Crippen LogP contribution in [0.1, 0.15) is 37.9 Å². The first-order valence-corrected chi connectivity index (χ1v) is 10.6. The highest BCUT2D eigenvalue weighted by Gasteiger charge is 2.42. The number of aliphatic hydroxyl groups is 1. The number of carbonyl (C=O) groups is 2. The van der Waals surface area contributed by atoms with Crippen molar-refractivity contribution in [2.45, 2.75) is 18.6 Å². The molecule has 0 unspecified atom stereocenters. The first kappa shape index (κ1) is 22.4. The Kier molecular flexibility index (Phi) is 5.17. The number of carbonyl (C=O) groups excluding carboxylic acids is 2. The molecule has 0 radical (unpaired) electrons. The van der Waals surface area contributed by atoms with E-state index in [1.807, 2.05) is 0 Å². The van der Waals surface area contributed by atoms with Crippen molar-refractivity contribution < 1.29 is 49.7 Å². The molecule has 6 N–H and O–H groups in total. The lowest BCUT2D eigenvalue weighted by Gasteiger charge is -2.34. The Morgan fingerprint density at radius 1 is 0.800 bits per heavy atom. The Morgan fingerprint density at radius 2 is 1.49 bits per heavy atom. The highest BCUT2D eigenvalue weighted by atomic mass is 16.5. The van der Waals surface area contributed by atoms with Gasteiger partial charge in [0, 0.05) is 23.8 Å². The number of aliphatic hydroxyl groups excluding tert-OH is 1. The molecule has 10 heteroatoms. The molecule has 3 aromatic carbocycles. The summed E-state index contributed by atoms with van der Waals surface area (Å²) in [5.41, 5.74) is 0.0390. The zero-order chi connectivity index (χ0) is 25.0. The van der Waals surface area contributed by atoms with Gasteiger partial charge in [-0.1, -0.05) is 12.1 Å². The van der Waals surface area contributed by atoms with Crippen molar-refractivity contribution in [3.8, 4) is 40.2 Å². The van der Waals surface area contributed by atoms with Crippen LogP contribution < -0.4 is 9.47 Å². The molecule has 0 aromatic heterocycles. The van der Waals surface area contributed by atoms with Crippen molar-refractivity contribution >= 4 is 11.6 Å². The van der Waals surface area contributed by atoms with Gasteiger partial charge in [-0.15, -0.1) is 0 Å². The molecule has 0 bridgehead atoms. The highest BCUT2D eigenvalue weighted by molar-refractivity contribution is 6.06. The van der Waals surface area contributed by atoms with Crippen molar-refractivity contribution in [1.29, 1.82) is 0 Å². The second-order valence-corrected chi connectivity index (χ2v) is 8.43. The lowest BCUT2D eigenvalue weighted by Crippen LogP contribution is -2.35. The second-order valence-electron chi connectivity index (χ2n) is 8.43. The molecule has 0 spiro atoms. The zero-order valence-corrected chi connectivity index (χ0v) is 18.0. The van der Waals surface area contributed by atoms with Gasteiger partial charge in [0.05, 0.1) is 5.92 Å². The average Bonchev–Trinajstić information content (AvgIpc) is 2.79. The largest absolute Gasteiger partial charge is 0.508 e. The SMILES string of the molecule is O=C1c2c(O)cc(O)c(C[C@@H]3C(=O)c4c(O)cc(O)cc4O[C@H]3c3ccc(O)cc3)c2OC[C@H]1O. The minimum Gasteiger partial charge on any atom is -0.508 e. The fourth-order valence-electron chi connectivity index (χ4n) is 4.52. The van der Waals surface area contributed by atoms with Crippen molar-refractivity contribution in [2.75, 3.05) is 6.61 Å². The Labute approximate surface area is 197 Å². The quantitative estimate of drug-likeness (QED) is 0.326. The number of hydrogen-bond acceptors (Lipinski definition) is 10. The number of aromatic hydroxyl groups is 5. The van der Waals surface area contributed by atoms with E-state index in [1.54, 1.807) is 0 Å². The molecule has 10 nitrogen and oxygen atoms in total. The van der Waals surface area contributed by atoms with Crippen molar-refractivity contribution in [2.24, 2.45) is 5.92 Å². The van der Waals surface area contributed by atoms with E-state index in [-0.39, 0.29) is 46.1 Å². The number of ketones is 2. The smallest absolute Gasteiger partial charge is 0.202 e. The summed E-state index contributed by atoms with van der Waals surface area (Å²) in [6, 6.07) is 9.01. The molecule has 35 heavy (non-hydrogen) atoms. The normalized spacial score (nSPS) is 21.0. The Bertz CT molecular complexity index is 1360. The summed E-state index contributed by atoms with van der Waals surface area (Å²) >= 11 is 0. The second kappa shape index (κ2) is 8.10. The monoisotopic (exact) mass is 480 g/mol. The van der Waals surface area contributed by atoms with Crippen LogP contribution in [0.4, 0.5) is 0 Å². The number of rotatable bonds is 3. The van der Waals surface area contributed by atoms with E-state index >= 15 is 0 Å². The van der Waals surface area contributed by atoms with Crippen molar-refractivity contribution in [3.05, 3.63) is 64.7 Å². The number of benzene rings is 3. The van der Waals surface area contributed by atoms with Gasteiger partial charge in [-0.3, -0.25) is 9.59 Å². The van der Waals surface area contributed by atoms with E-state index in [0.29, 0.717) is 5.56 Å². The molecule has 2 aliphatic rings. The molecule has 0 fully saturated rings. The van der Waals surface area contributed by atoms with Gasteiger partial charge in [0.1, 0.15) is 64.1 Å². The zero-order valence-electron chi connectivity index (χ0n) is 18.0. The van der Waals surface area contributed by atoms with Gasteiger partial charge in [-0.05, 0) is 24.1 Å². The predicted octanol–water partition coefficient (Wildman–Crippen LogP) is 2.33. The van der Waals surface area contributed by atoms with Crippen LogP contribution in [0.25, 0.3) is 0 Å². The molecule has 2 heterocycles. The average molecular weight is 480 g/mol. The highest BCUT2D eigenvalue weighted by Crippen LogP contribution is 2.48. The molecular formula is C25H20O10.